The number of hydrogen-bond acceptors (Lipinski definition) is 0. The number of unbranched alkanes of at least 4 members (excludes halogenated alkanes) is 9. The van der Waals surface area contributed by atoms with Crippen LogP contribution >= 0.6 is 0 Å². The van der Waals surface area contributed by atoms with Gasteiger partial charge in [-0.1, -0.05) is 63.3 Å². The van der Waals surface area contributed by atoms with Gasteiger partial charge in [0, 0.05) is 0 Å². The first-order valence-corrected chi connectivity index (χ1v) is 7.47. The first-order chi connectivity index (χ1) is 8.41. The molecule has 0 aliphatic carbocycles. The highest BCUT2D eigenvalue weighted by Crippen LogP contribution is 2.07. The van der Waals surface area contributed by atoms with Crippen molar-refractivity contribution < 1.29 is 0 Å². The molecule has 0 amide bonds. The predicted molar refractivity (Wildman–Crippen MR) is 80.1 cm³/mol. The summed E-state index contributed by atoms with van der Waals surface area (Å²) in [7, 11) is 0. The van der Waals surface area contributed by atoms with Crippen molar-refractivity contribution in [2.45, 2.75) is 77.6 Å². The molecule has 0 aromatic carbocycles. The van der Waals surface area contributed by atoms with Crippen LogP contribution in [-0.2, 0) is 0 Å². The normalized spacial score (nSPS) is 11.9. The summed E-state index contributed by atoms with van der Waals surface area (Å²) in [5, 5.41) is 0. The maximum absolute atomic E-state index is 3.86. The second-order valence-electron chi connectivity index (χ2n) is 4.73. The van der Waals surface area contributed by atoms with Crippen LogP contribution < -0.4 is 0 Å². The molecule has 0 heterocycles. The van der Waals surface area contributed by atoms with Gasteiger partial charge in [-0.25, -0.2) is 0 Å². The highest BCUT2D eigenvalue weighted by atomic mass is 13.9. The maximum Gasteiger partial charge on any atom is -0.0351 e. The fourth-order valence-electron chi connectivity index (χ4n) is 1.90. The standard InChI is InChI=1S/C17H31/c1-3-5-7-9-11-13-15-17-16-14-12-10-8-6-4-2/h4,6,15,17H,1,3,5,7-14,16H2,2H3/b6-4+,17-15+. The van der Waals surface area contributed by atoms with Crippen molar-refractivity contribution in [3.63, 3.8) is 0 Å². The molecule has 17 heavy (non-hydrogen) atoms. The zero-order valence-electron chi connectivity index (χ0n) is 11.8. The molecule has 0 aromatic heterocycles. The van der Waals surface area contributed by atoms with Gasteiger partial charge in [0.2, 0.25) is 0 Å². The second-order valence-corrected chi connectivity index (χ2v) is 4.73. The van der Waals surface area contributed by atoms with E-state index < -0.39 is 0 Å². The van der Waals surface area contributed by atoms with E-state index >= 15 is 0 Å². The smallest absolute Gasteiger partial charge is 0.0351 e. The molecule has 0 unspecified atom stereocenters. The molecule has 0 saturated carbocycles. The summed E-state index contributed by atoms with van der Waals surface area (Å²) in [6, 6.07) is 0. The Morgan fingerprint density at radius 2 is 1.12 bits per heavy atom. The van der Waals surface area contributed by atoms with Crippen LogP contribution in [0.5, 0.6) is 0 Å². The zero-order valence-corrected chi connectivity index (χ0v) is 11.8. The molecule has 0 aliphatic heterocycles. The molecule has 0 spiro atoms. The Kier molecular flexibility index (Phi) is 15.0. The van der Waals surface area contributed by atoms with E-state index in [2.05, 4.69) is 38.2 Å². The lowest BCUT2D eigenvalue weighted by Gasteiger charge is -1.97. The summed E-state index contributed by atoms with van der Waals surface area (Å²) < 4.78 is 0. The fraction of sp³-hybridized carbons (Fsp3) is 0.706. The maximum atomic E-state index is 3.86. The Hall–Kier alpha value is -0.520. The molecular weight excluding hydrogens is 204 g/mol. The zero-order chi connectivity index (χ0) is 12.6. The molecular formula is C17H31. The molecule has 1 radical (unpaired) electrons. The third kappa shape index (κ3) is 15.5. The van der Waals surface area contributed by atoms with Crippen molar-refractivity contribution in [1.82, 2.24) is 0 Å². The number of allylic oxidation sites excluding steroid dienone is 4. The molecule has 0 bridgehead atoms. The van der Waals surface area contributed by atoms with E-state index in [1.807, 2.05) is 0 Å². The molecule has 0 rings (SSSR count). The van der Waals surface area contributed by atoms with Gasteiger partial charge >= 0.3 is 0 Å². The van der Waals surface area contributed by atoms with Crippen LogP contribution in [-0.4, -0.2) is 0 Å². The van der Waals surface area contributed by atoms with Crippen molar-refractivity contribution >= 4 is 0 Å². The number of hydrogen-bond donors (Lipinski definition) is 0. The van der Waals surface area contributed by atoms with Gasteiger partial charge in [-0.2, -0.15) is 0 Å². The van der Waals surface area contributed by atoms with Crippen molar-refractivity contribution in [2.75, 3.05) is 0 Å². The molecule has 0 heteroatoms. The van der Waals surface area contributed by atoms with Gasteiger partial charge in [0.25, 0.3) is 0 Å². The summed E-state index contributed by atoms with van der Waals surface area (Å²) in [6.45, 7) is 5.96. The van der Waals surface area contributed by atoms with Crippen LogP contribution in [0, 0.1) is 6.92 Å². The van der Waals surface area contributed by atoms with Crippen molar-refractivity contribution in [3.8, 4) is 0 Å². The monoisotopic (exact) mass is 235 g/mol. The summed E-state index contributed by atoms with van der Waals surface area (Å²) in [6.07, 6.45) is 23.5. The van der Waals surface area contributed by atoms with Gasteiger partial charge in [-0.05, 0) is 45.4 Å². The van der Waals surface area contributed by atoms with Gasteiger partial charge in [0.1, 0.15) is 0 Å². The molecule has 0 N–H and O–H groups in total. The number of rotatable bonds is 12. The van der Waals surface area contributed by atoms with Crippen LogP contribution in [0.2, 0.25) is 0 Å². The van der Waals surface area contributed by atoms with Crippen LogP contribution in [0.3, 0.4) is 0 Å². The Labute approximate surface area is 109 Å². The predicted octanol–water partition coefficient (Wildman–Crippen LogP) is 6.24. The fourth-order valence-corrected chi connectivity index (χ4v) is 1.90. The lowest BCUT2D eigenvalue weighted by molar-refractivity contribution is 0.650. The molecule has 0 saturated heterocycles. The van der Waals surface area contributed by atoms with Gasteiger partial charge < -0.3 is 0 Å². The van der Waals surface area contributed by atoms with Gasteiger partial charge in [-0.15, -0.1) is 0 Å². The molecule has 0 aliphatic rings. The molecule has 0 fully saturated rings. The van der Waals surface area contributed by atoms with Crippen LogP contribution in [0.25, 0.3) is 0 Å². The highest BCUT2D eigenvalue weighted by molar-refractivity contribution is 4.81. The summed E-state index contributed by atoms with van der Waals surface area (Å²) >= 11 is 0. The molecule has 0 nitrogen and oxygen atoms in total. The first kappa shape index (κ1) is 16.5. The van der Waals surface area contributed by atoms with E-state index in [-0.39, 0.29) is 0 Å². The van der Waals surface area contributed by atoms with E-state index in [0.717, 1.165) is 6.42 Å². The van der Waals surface area contributed by atoms with Gasteiger partial charge in [0.05, 0.1) is 0 Å². The largest absolute Gasteiger partial charge is 0.0917 e. The summed E-state index contributed by atoms with van der Waals surface area (Å²) in [4.78, 5) is 0. The van der Waals surface area contributed by atoms with E-state index in [0.29, 0.717) is 0 Å². The second kappa shape index (κ2) is 15.5. The van der Waals surface area contributed by atoms with E-state index in [9.17, 15) is 0 Å². The summed E-state index contributed by atoms with van der Waals surface area (Å²) in [5.41, 5.74) is 0. The molecule has 99 valence electrons. The van der Waals surface area contributed by atoms with E-state index in [1.165, 1.54) is 64.2 Å². The molecule has 0 aromatic rings. The Morgan fingerprint density at radius 3 is 1.65 bits per heavy atom. The van der Waals surface area contributed by atoms with E-state index in [1.54, 1.807) is 0 Å². The topological polar surface area (TPSA) is 0 Å². The van der Waals surface area contributed by atoms with Crippen LogP contribution in [0.15, 0.2) is 24.3 Å². The minimum Gasteiger partial charge on any atom is -0.0917 e. The minimum absolute atomic E-state index is 1.10. The van der Waals surface area contributed by atoms with Crippen LogP contribution in [0.4, 0.5) is 0 Å². The lowest BCUT2D eigenvalue weighted by Crippen LogP contribution is -1.77. The quantitative estimate of drug-likeness (QED) is 0.277. The third-order valence-electron chi connectivity index (χ3n) is 3.01. The Balaban J connectivity index is 3.04. The van der Waals surface area contributed by atoms with Crippen LogP contribution in [0.1, 0.15) is 77.6 Å². The Morgan fingerprint density at radius 1 is 0.647 bits per heavy atom. The van der Waals surface area contributed by atoms with Crippen molar-refractivity contribution in [1.29, 1.82) is 0 Å². The average molecular weight is 235 g/mol. The van der Waals surface area contributed by atoms with Crippen molar-refractivity contribution in [2.24, 2.45) is 0 Å². The highest BCUT2D eigenvalue weighted by Gasteiger charge is 1.87. The van der Waals surface area contributed by atoms with Crippen molar-refractivity contribution in [3.05, 3.63) is 31.2 Å². The SMILES string of the molecule is [CH2]CCCCCC/C=C/CCCCC/C=C/C. The Bertz CT molecular complexity index is 176. The third-order valence-corrected chi connectivity index (χ3v) is 3.01. The summed E-state index contributed by atoms with van der Waals surface area (Å²) in [5.74, 6) is 0. The van der Waals surface area contributed by atoms with Gasteiger partial charge in [-0.3, -0.25) is 0 Å². The van der Waals surface area contributed by atoms with Gasteiger partial charge in [0.15, 0.2) is 0 Å². The minimum atomic E-state index is 1.10. The van der Waals surface area contributed by atoms with E-state index in [4.69, 9.17) is 0 Å². The molecule has 0 atom stereocenters. The first-order valence-electron chi connectivity index (χ1n) is 7.47. The lowest BCUT2D eigenvalue weighted by atomic mass is 10.1. The average Bonchev–Trinajstić information content (AvgIpc) is 2.35.